The van der Waals surface area contributed by atoms with Crippen LogP contribution in [0.1, 0.15) is 31.1 Å². The third-order valence-electron chi connectivity index (χ3n) is 3.66. The molecule has 0 bridgehead atoms. The van der Waals surface area contributed by atoms with Crippen molar-refractivity contribution in [3.05, 3.63) is 28.0 Å². The quantitative estimate of drug-likeness (QED) is 0.903. The van der Waals surface area contributed by atoms with Crippen LogP contribution in [-0.2, 0) is 10.0 Å². The van der Waals surface area contributed by atoms with E-state index in [9.17, 15) is 13.5 Å². The Hall–Kier alpha value is -0.400. The lowest BCUT2D eigenvalue weighted by Crippen LogP contribution is -2.39. The van der Waals surface area contributed by atoms with Gasteiger partial charge >= 0.3 is 0 Å². The second-order valence-electron chi connectivity index (χ2n) is 5.40. The molecule has 0 saturated carbocycles. The molecule has 2 unspecified atom stereocenters. The van der Waals surface area contributed by atoms with E-state index < -0.39 is 16.1 Å². The minimum absolute atomic E-state index is 0.0945. The highest BCUT2D eigenvalue weighted by atomic mass is 35.5. The lowest BCUT2D eigenvalue weighted by molar-refractivity contribution is 0.119. The summed E-state index contributed by atoms with van der Waals surface area (Å²) < 4.78 is 24.7. The van der Waals surface area contributed by atoms with Crippen molar-refractivity contribution in [2.75, 3.05) is 19.3 Å². The first-order valence-corrected chi connectivity index (χ1v) is 9.32. The van der Waals surface area contributed by atoms with Gasteiger partial charge in [0.2, 0.25) is 10.0 Å². The van der Waals surface area contributed by atoms with Gasteiger partial charge in [-0.15, -0.1) is 0 Å². The molecular formula is C13H18Cl2N2O3S. The third-order valence-corrected chi connectivity index (χ3v) is 5.44. The van der Waals surface area contributed by atoms with E-state index >= 15 is 0 Å². The predicted molar refractivity (Wildman–Crippen MR) is 83.0 cm³/mol. The predicted octanol–water partition coefficient (Wildman–Crippen LogP) is 2.48. The van der Waals surface area contributed by atoms with Crippen molar-refractivity contribution in [3.63, 3.8) is 0 Å². The fraction of sp³-hybridized carbons (Fsp3) is 0.615. The maximum Gasteiger partial charge on any atom is 0.211 e. The second kappa shape index (κ2) is 6.79. The highest BCUT2D eigenvalue weighted by Crippen LogP contribution is 2.31. The van der Waals surface area contributed by atoms with Crippen LogP contribution in [0, 0.1) is 5.92 Å². The van der Waals surface area contributed by atoms with Crippen molar-refractivity contribution in [1.29, 1.82) is 0 Å². The Bertz CT molecular complexity index is 609. The minimum atomic E-state index is -3.18. The summed E-state index contributed by atoms with van der Waals surface area (Å²) in [4.78, 5) is 4.07. The van der Waals surface area contributed by atoms with Crippen LogP contribution in [0.2, 0.25) is 10.0 Å². The van der Waals surface area contributed by atoms with Crippen molar-refractivity contribution < 1.29 is 13.5 Å². The van der Waals surface area contributed by atoms with E-state index in [1.54, 1.807) is 6.07 Å². The molecule has 0 spiro atoms. The Labute approximate surface area is 134 Å². The van der Waals surface area contributed by atoms with Crippen LogP contribution in [-0.4, -0.2) is 42.2 Å². The lowest BCUT2D eigenvalue weighted by atomic mass is 9.92. The summed E-state index contributed by atoms with van der Waals surface area (Å²) in [5, 5.41) is 11.0. The summed E-state index contributed by atoms with van der Waals surface area (Å²) in [6.07, 6.45) is 3.94. The molecule has 1 N–H and O–H groups in total. The standard InChI is InChI=1S/C13H18Cl2N2O3S/c1-21(19,20)17-4-2-3-9(8-17)5-12(18)13-11(15)6-10(14)7-16-13/h6-7,9,12,18H,2-5,8H2,1H3. The smallest absolute Gasteiger partial charge is 0.211 e. The highest BCUT2D eigenvalue weighted by molar-refractivity contribution is 7.88. The number of aliphatic hydroxyl groups is 1. The summed E-state index contributed by atoms with van der Waals surface area (Å²) in [5.74, 6) is 0.0945. The molecule has 0 aromatic carbocycles. The molecule has 118 valence electrons. The zero-order valence-corrected chi connectivity index (χ0v) is 14.0. The molecule has 1 fully saturated rings. The van der Waals surface area contributed by atoms with Crippen LogP contribution in [0.5, 0.6) is 0 Å². The topological polar surface area (TPSA) is 70.5 Å². The van der Waals surface area contributed by atoms with Gasteiger partial charge < -0.3 is 5.11 Å². The summed E-state index contributed by atoms with van der Waals surface area (Å²) in [6, 6.07) is 1.54. The number of aliphatic hydroxyl groups excluding tert-OH is 1. The zero-order valence-electron chi connectivity index (χ0n) is 11.7. The minimum Gasteiger partial charge on any atom is -0.387 e. The Kier molecular flexibility index (Phi) is 5.48. The molecule has 5 nitrogen and oxygen atoms in total. The van der Waals surface area contributed by atoms with Gasteiger partial charge in [0.25, 0.3) is 0 Å². The number of nitrogens with zero attached hydrogens (tertiary/aromatic N) is 2. The molecule has 1 aliphatic rings. The summed E-state index contributed by atoms with van der Waals surface area (Å²) in [7, 11) is -3.18. The van der Waals surface area contributed by atoms with Gasteiger partial charge in [-0.3, -0.25) is 4.98 Å². The van der Waals surface area contributed by atoms with Crippen molar-refractivity contribution in [2.24, 2.45) is 5.92 Å². The number of aromatic nitrogens is 1. The third kappa shape index (κ3) is 4.53. The van der Waals surface area contributed by atoms with E-state index in [0.29, 0.717) is 35.2 Å². The van der Waals surface area contributed by atoms with E-state index in [2.05, 4.69) is 4.98 Å². The molecule has 1 saturated heterocycles. The Morgan fingerprint density at radius 2 is 2.24 bits per heavy atom. The Balaban J connectivity index is 2.03. The van der Waals surface area contributed by atoms with Gasteiger partial charge in [-0.2, -0.15) is 0 Å². The van der Waals surface area contributed by atoms with Gasteiger partial charge in [-0.25, -0.2) is 12.7 Å². The second-order valence-corrected chi connectivity index (χ2v) is 8.23. The monoisotopic (exact) mass is 352 g/mol. The SMILES string of the molecule is CS(=O)(=O)N1CCCC(CC(O)c2ncc(Cl)cc2Cl)C1. The average Bonchev–Trinajstić information content (AvgIpc) is 2.37. The molecule has 21 heavy (non-hydrogen) atoms. The molecule has 1 aromatic heterocycles. The first-order valence-electron chi connectivity index (χ1n) is 6.71. The summed E-state index contributed by atoms with van der Waals surface area (Å²) in [5.41, 5.74) is 0.387. The first kappa shape index (κ1) is 17.0. The molecule has 8 heteroatoms. The summed E-state index contributed by atoms with van der Waals surface area (Å²) in [6.45, 7) is 0.979. The molecule has 2 atom stereocenters. The molecule has 2 heterocycles. The van der Waals surface area contributed by atoms with Crippen molar-refractivity contribution in [3.8, 4) is 0 Å². The van der Waals surface area contributed by atoms with Crippen molar-refractivity contribution in [1.82, 2.24) is 9.29 Å². The van der Waals surface area contributed by atoms with Gasteiger partial charge in [0.1, 0.15) is 0 Å². The van der Waals surface area contributed by atoms with Crippen LogP contribution < -0.4 is 0 Å². The number of pyridine rings is 1. The normalized spacial score (nSPS) is 22.2. The van der Waals surface area contributed by atoms with Crippen LogP contribution in [0.3, 0.4) is 0 Å². The fourth-order valence-corrected chi connectivity index (χ4v) is 4.07. The maximum absolute atomic E-state index is 11.6. The van der Waals surface area contributed by atoms with Crippen LogP contribution in [0.4, 0.5) is 0 Å². The van der Waals surface area contributed by atoms with Gasteiger partial charge in [0.05, 0.1) is 28.1 Å². The summed E-state index contributed by atoms with van der Waals surface area (Å²) >= 11 is 11.8. The van der Waals surface area contributed by atoms with E-state index in [0.717, 1.165) is 12.8 Å². The van der Waals surface area contributed by atoms with Gasteiger partial charge in [0.15, 0.2) is 0 Å². The van der Waals surface area contributed by atoms with Crippen LogP contribution >= 0.6 is 23.2 Å². The van der Waals surface area contributed by atoms with Gasteiger partial charge in [-0.1, -0.05) is 23.2 Å². The number of rotatable bonds is 4. The van der Waals surface area contributed by atoms with E-state index in [1.807, 2.05) is 0 Å². The van der Waals surface area contributed by atoms with Crippen molar-refractivity contribution >= 4 is 33.2 Å². The first-order chi connectivity index (χ1) is 9.77. The molecule has 0 radical (unpaired) electrons. The molecule has 1 aromatic rings. The maximum atomic E-state index is 11.6. The molecule has 0 amide bonds. The van der Waals surface area contributed by atoms with E-state index in [-0.39, 0.29) is 5.92 Å². The van der Waals surface area contributed by atoms with Crippen LogP contribution in [0.15, 0.2) is 12.3 Å². The Morgan fingerprint density at radius 1 is 1.52 bits per heavy atom. The highest BCUT2D eigenvalue weighted by Gasteiger charge is 2.28. The average molecular weight is 353 g/mol. The number of hydrogen-bond acceptors (Lipinski definition) is 4. The molecule has 0 aliphatic carbocycles. The lowest BCUT2D eigenvalue weighted by Gasteiger charge is -2.32. The number of sulfonamides is 1. The zero-order chi connectivity index (χ0) is 15.6. The molecule has 1 aliphatic heterocycles. The number of piperidine rings is 1. The molecular weight excluding hydrogens is 335 g/mol. The van der Waals surface area contributed by atoms with E-state index in [4.69, 9.17) is 23.2 Å². The van der Waals surface area contributed by atoms with Gasteiger partial charge in [0, 0.05) is 19.3 Å². The van der Waals surface area contributed by atoms with E-state index in [1.165, 1.54) is 16.8 Å². The number of halogens is 2. The number of hydrogen-bond donors (Lipinski definition) is 1. The van der Waals surface area contributed by atoms with Crippen LogP contribution in [0.25, 0.3) is 0 Å². The Morgan fingerprint density at radius 3 is 2.86 bits per heavy atom. The largest absolute Gasteiger partial charge is 0.387 e. The van der Waals surface area contributed by atoms with Crippen molar-refractivity contribution in [2.45, 2.75) is 25.4 Å². The fourth-order valence-electron chi connectivity index (χ4n) is 2.62. The molecule has 2 rings (SSSR count). The van der Waals surface area contributed by atoms with Gasteiger partial charge in [-0.05, 0) is 31.2 Å².